The monoisotopic (exact) mass is 347 g/mol. The first-order chi connectivity index (χ1) is 11.9. The normalized spacial score (nSPS) is 16.3. The molecule has 3 rings (SSSR count). The Morgan fingerprint density at radius 3 is 2.80 bits per heavy atom. The number of nitrogens with one attached hydrogen (secondary N) is 2. The second-order valence-electron chi connectivity index (χ2n) is 7.28. The quantitative estimate of drug-likeness (QED) is 0.873. The van der Waals surface area contributed by atoms with Crippen molar-refractivity contribution in [3.05, 3.63) is 35.3 Å². The number of halogens is 1. The largest absolute Gasteiger partial charge is 0.379 e. The van der Waals surface area contributed by atoms with Crippen molar-refractivity contribution in [1.82, 2.24) is 15.2 Å². The maximum atomic E-state index is 13.5. The lowest BCUT2D eigenvalue weighted by Gasteiger charge is -2.40. The molecule has 25 heavy (non-hydrogen) atoms. The van der Waals surface area contributed by atoms with E-state index in [0.29, 0.717) is 6.54 Å². The van der Waals surface area contributed by atoms with Crippen LogP contribution in [0.25, 0.3) is 10.9 Å². The number of aromatic nitrogens is 1. The zero-order valence-corrected chi connectivity index (χ0v) is 15.1. The zero-order chi connectivity index (χ0) is 18.0. The smallest absolute Gasteiger partial charge is 0.224 e. The Kier molecular flexibility index (Phi) is 5.11. The minimum atomic E-state index is -0.290. The van der Waals surface area contributed by atoms with Crippen LogP contribution in [0.5, 0.6) is 0 Å². The topological polar surface area (TPSA) is 57.4 Å². The van der Waals surface area contributed by atoms with E-state index >= 15 is 0 Å². The van der Waals surface area contributed by atoms with Crippen molar-refractivity contribution >= 4 is 16.8 Å². The lowest BCUT2D eigenvalue weighted by molar-refractivity contribution is -0.121. The van der Waals surface area contributed by atoms with E-state index in [9.17, 15) is 9.18 Å². The minimum absolute atomic E-state index is 0.0467. The van der Waals surface area contributed by atoms with E-state index in [1.807, 2.05) is 6.92 Å². The molecule has 1 fully saturated rings. The van der Waals surface area contributed by atoms with Crippen LogP contribution in [0.1, 0.15) is 25.1 Å². The molecule has 1 aromatic heterocycles. The average Bonchev–Trinajstić information content (AvgIpc) is 2.89. The van der Waals surface area contributed by atoms with Crippen LogP contribution in [-0.2, 0) is 16.0 Å². The summed E-state index contributed by atoms with van der Waals surface area (Å²) in [5.41, 5.74) is 2.50. The van der Waals surface area contributed by atoms with Crippen LogP contribution in [0.15, 0.2) is 18.2 Å². The predicted molar refractivity (Wildman–Crippen MR) is 96.2 cm³/mol. The highest BCUT2D eigenvalue weighted by Gasteiger charge is 2.28. The highest BCUT2D eigenvalue weighted by molar-refractivity contribution is 5.90. The molecule has 136 valence electrons. The van der Waals surface area contributed by atoms with Gasteiger partial charge in [0.2, 0.25) is 5.91 Å². The summed E-state index contributed by atoms with van der Waals surface area (Å²) in [4.78, 5) is 18.0. The Morgan fingerprint density at radius 1 is 1.36 bits per heavy atom. The number of benzene rings is 1. The molecule has 1 amide bonds. The second kappa shape index (κ2) is 7.14. The molecular weight excluding hydrogens is 321 g/mol. The van der Waals surface area contributed by atoms with Crippen molar-refractivity contribution in [2.45, 2.75) is 32.7 Å². The fourth-order valence-corrected chi connectivity index (χ4v) is 3.40. The van der Waals surface area contributed by atoms with Gasteiger partial charge >= 0.3 is 0 Å². The van der Waals surface area contributed by atoms with Gasteiger partial charge in [-0.15, -0.1) is 0 Å². The molecule has 0 radical (unpaired) electrons. The van der Waals surface area contributed by atoms with Crippen molar-refractivity contribution < 1.29 is 13.9 Å². The van der Waals surface area contributed by atoms with Gasteiger partial charge in [-0.1, -0.05) is 0 Å². The number of aromatic amines is 1. The van der Waals surface area contributed by atoms with E-state index < -0.39 is 0 Å². The average molecular weight is 347 g/mol. The molecule has 6 heteroatoms. The summed E-state index contributed by atoms with van der Waals surface area (Å²) in [7, 11) is 0. The zero-order valence-electron chi connectivity index (χ0n) is 15.1. The van der Waals surface area contributed by atoms with Crippen molar-refractivity contribution in [2.24, 2.45) is 0 Å². The third kappa shape index (κ3) is 4.02. The molecule has 0 atom stereocenters. The van der Waals surface area contributed by atoms with Gasteiger partial charge in [0.1, 0.15) is 5.82 Å². The fraction of sp³-hybridized carbons (Fsp3) is 0.526. The number of ether oxygens (including phenoxy) is 1. The molecule has 0 bridgehead atoms. The molecule has 0 saturated carbocycles. The number of aryl methyl sites for hydroxylation is 1. The lowest BCUT2D eigenvalue weighted by Crippen LogP contribution is -2.55. The Morgan fingerprint density at radius 2 is 2.08 bits per heavy atom. The summed E-state index contributed by atoms with van der Waals surface area (Å²) in [6, 6.07) is 4.62. The van der Waals surface area contributed by atoms with E-state index in [0.717, 1.165) is 48.5 Å². The van der Waals surface area contributed by atoms with Crippen LogP contribution < -0.4 is 5.32 Å². The summed E-state index contributed by atoms with van der Waals surface area (Å²) in [6.07, 6.45) is 0.245. The third-order valence-electron chi connectivity index (χ3n) is 5.00. The molecule has 1 aromatic carbocycles. The molecule has 0 spiro atoms. The number of carbonyl (C=O) groups is 1. The molecule has 2 heterocycles. The van der Waals surface area contributed by atoms with Gasteiger partial charge in [-0.25, -0.2) is 4.39 Å². The van der Waals surface area contributed by atoms with Gasteiger partial charge in [0.15, 0.2) is 0 Å². The van der Waals surface area contributed by atoms with Gasteiger partial charge in [0.25, 0.3) is 0 Å². The molecular formula is C19H26FN3O2. The Balaban J connectivity index is 1.65. The van der Waals surface area contributed by atoms with Crippen molar-refractivity contribution in [2.75, 3.05) is 32.8 Å². The minimum Gasteiger partial charge on any atom is -0.379 e. The summed E-state index contributed by atoms with van der Waals surface area (Å²) in [5.74, 6) is -0.337. The van der Waals surface area contributed by atoms with Crippen LogP contribution in [0.2, 0.25) is 0 Å². The first-order valence-electron chi connectivity index (χ1n) is 8.73. The SMILES string of the molecule is Cc1[nH]c2ccc(F)cc2c1CC(=O)NCC(C)(C)N1CCOCC1. The molecule has 1 aliphatic heterocycles. The summed E-state index contributed by atoms with van der Waals surface area (Å²) >= 11 is 0. The number of morpholine rings is 1. The molecule has 2 aromatic rings. The number of H-pyrrole nitrogens is 1. The number of carbonyl (C=O) groups excluding carboxylic acids is 1. The molecule has 1 aliphatic rings. The molecule has 2 N–H and O–H groups in total. The van der Waals surface area contributed by atoms with Gasteiger partial charge in [-0.05, 0) is 44.5 Å². The van der Waals surface area contributed by atoms with Gasteiger partial charge in [-0.2, -0.15) is 0 Å². The Hall–Kier alpha value is -1.92. The van der Waals surface area contributed by atoms with E-state index in [1.165, 1.54) is 12.1 Å². The van der Waals surface area contributed by atoms with E-state index in [2.05, 4.69) is 29.0 Å². The highest BCUT2D eigenvalue weighted by atomic mass is 19.1. The first-order valence-corrected chi connectivity index (χ1v) is 8.73. The molecule has 0 aliphatic carbocycles. The summed E-state index contributed by atoms with van der Waals surface area (Å²) < 4.78 is 18.9. The first kappa shape index (κ1) is 17.9. The van der Waals surface area contributed by atoms with Crippen LogP contribution in [0.4, 0.5) is 4.39 Å². The van der Waals surface area contributed by atoms with E-state index in [1.54, 1.807) is 6.07 Å². The lowest BCUT2D eigenvalue weighted by atomic mass is 10.0. The van der Waals surface area contributed by atoms with E-state index in [-0.39, 0.29) is 23.7 Å². The predicted octanol–water partition coefficient (Wildman–Crippen LogP) is 2.38. The maximum absolute atomic E-state index is 13.5. The number of fused-ring (bicyclic) bond motifs is 1. The van der Waals surface area contributed by atoms with Gasteiger partial charge in [0, 0.05) is 41.8 Å². The van der Waals surface area contributed by atoms with Crippen LogP contribution in [0.3, 0.4) is 0 Å². The second-order valence-corrected chi connectivity index (χ2v) is 7.28. The summed E-state index contributed by atoms with van der Waals surface area (Å²) in [6.45, 7) is 9.97. The molecule has 1 saturated heterocycles. The van der Waals surface area contributed by atoms with Crippen molar-refractivity contribution in [3.63, 3.8) is 0 Å². The van der Waals surface area contributed by atoms with Gasteiger partial charge in [-0.3, -0.25) is 9.69 Å². The van der Waals surface area contributed by atoms with Gasteiger partial charge in [0.05, 0.1) is 19.6 Å². The Bertz CT molecular complexity index is 763. The third-order valence-corrected chi connectivity index (χ3v) is 5.00. The molecule has 0 unspecified atom stereocenters. The molecule has 5 nitrogen and oxygen atoms in total. The summed E-state index contributed by atoms with van der Waals surface area (Å²) in [5, 5.41) is 3.81. The Labute approximate surface area is 147 Å². The number of hydrogen-bond acceptors (Lipinski definition) is 3. The van der Waals surface area contributed by atoms with Crippen molar-refractivity contribution in [1.29, 1.82) is 0 Å². The van der Waals surface area contributed by atoms with Crippen LogP contribution in [0, 0.1) is 12.7 Å². The standard InChI is InChI=1S/C19H26FN3O2/c1-13-15(16-10-14(20)4-5-17(16)22-13)11-18(24)21-12-19(2,3)23-6-8-25-9-7-23/h4-5,10,22H,6-9,11-12H2,1-3H3,(H,21,24). The number of hydrogen-bond donors (Lipinski definition) is 2. The fourth-order valence-electron chi connectivity index (χ4n) is 3.40. The number of nitrogens with zero attached hydrogens (tertiary/aromatic N) is 1. The van der Waals surface area contributed by atoms with E-state index in [4.69, 9.17) is 4.74 Å². The number of amides is 1. The maximum Gasteiger partial charge on any atom is 0.224 e. The number of rotatable bonds is 5. The van der Waals surface area contributed by atoms with Crippen LogP contribution >= 0.6 is 0 Å². The van der Waals surface area contributed by atoms with Crippen molar-refractivity contribution in [3.8, 4) is 0 Å². The van der Waals surface area contributed by atoms with Gasteiger partial charge < -0.3 is 15.0 Å². The van der Waals surface area contributed by atoms with Crippen LogP contribution in [-0.4, -0.2) is 54.2 Å². The highest BCUT2D eigenvalue weighted by Crippen LogP contribution is 2.23.